The summed E-state index contributed by atoms with van der Waals surface area (Å²) in [6.45, 7) is 0. The summed E-state index contributed by atoms with van der Waals surface area (Å²) in [5.41, 5.74) is -0.238. The first kappa shape index (κ1) is 13.8. The van der Waals surface area contributed by atoms with Gasteiger partial charge in [0.1, 0.15) is 0 Å². The van der Waals surface area contributed by atoms with Crippen LogP contribution in [0.3, 0.4) is 0 Å². The molecule has 0 saturated heterocycles. The molecular weight excluding hydrogens is 388 g/mol. The molecule has 19 heavy (non-hydrogen) atoms. The highest BCUT2D eigenvalue weighted by atomic mass is 127. The number of aromatic carboxylic acids is 2. The van der Waals surface area contributed by atoms with E-state index in [0.717, 1.165) is 3.57 Å². The zero-order valence-corrected chi connectivity index (χ0v) is 12.0. The first-order valence-corrected chi connectivity index (χ1v) is 6.28. The highest BCUT2D eigenvalue weighted by Gasteiger charge is 2.25. The van der Waals surface area contributed by atoms with Crippen LogP contribution in [0.15, 0.2) is 22.6 Å². The number of carboxylic acid groups (broad SMARTS) is 2. The number of carbonyl (C=O) groups is 2. The quantitative estimate of drug-likeness (QED) is 0.778. The number of oxazole rings is 1. The summed E-state index contributed by atoms with van der Waals surface area (Å²) in [4.78, 5) is 25.4. The molecule has 2 N–H and O–H groups in total. The molecule has 0 spiro atoms. The lowest BCUT2D eigenvalue weighted by Gasteiger charge is -1.98. The largest absolute Gasteiger partial charge is 0.476 e. The Morgan fingerprint density at radius 2 is 1.95 bits per heavy atom. The SMILES string of the molecule is O=C(O)c1nc(-c2ccc(I)c(Cl)c2)oc1C(=O)O. The fourth-order valence-corrected chi connectivity index (χ4v) is 1.88. The summed E-state index contributed by atoms with van der Waals surface area (Å²) in [6.07, 6.45) is 0. The van der Waals surface area contributed by atoms with E-state index < -0.39 is 23.4 Å². The van der Waals surface area contributed by atoms with Gasteiger partial charge in [-0.15, -0.1) is 0 Å². The maximum atomic E-state index is 10.9. The summed E-state index contributed by atoms with van der Waals surface area (Å²) >= 11 is 7.95. The molecule has 6 nitrogen and oxygen atoms in total. The minimum absolute atomic E-state index is 0.104. The third kappa shape index (κ3) is 2.71. The van der Waals surface area contributed by atoms with Crippen molar-refractivity contribution in [2.24, 2.45) is 0 Å². The second-order valence-corrected chi connectivity index (χ2v) is 5.01. The second kappa shape index (κ2) is 5.17. The predicted octanol–water partition coefficient (Wildman–Crippen LogP) is 3.00. The number of benzene rings is 1. The minimum Gasteiger partial charge on any atom is -0.476 e. The molecule has 0 radical (unpaired) electrons. The molecule has 0 saturated carbocycles. The Kier molecular flexibility index (Phi) is 3.76. The first-order valence-electron chi connectivity index (χ1n) is 4.83. The van der Waals surface area contributed by atoms with Crippen molar-refractivity contribution in [3.63, 3.8) is 0 Å². The number of halogens is 2. The van der Waals surface area contributed by atoms with Crippen LogP contribution in [0.2, 0.25) is 5.02 Å². The molecule has 0 aliphatic carbocycles. The average molecular weight is 394 g/mol. The summed E-state index contributed by atoms with van der Waals surface area (Å²) in [6, 6.07) is 4.81. The number of nitrogens with zero attached hydrogens (tertiary/aromatic N) is 1. The highest BCUT2D eigenvalue weighted by Crippen LogP contribution is 2.27. The van der Waals surface area contributed by atoms with Gasteiger partial charge in [0, 0.05) is 9.13 Å². The normalized spacial score (nSPS) is 10.4. The van der Waals surface area contributed by atoms with Crippen LogP contribution in [0, 0.1) is 3.57 Å². The van der Waals surface area contributed by atoms with Gasteiger partial charge in [-0.1, -0.05) is 11.6 Å². The van der Waals surface area contributed by atoms with E-state index in [1.807, 2.05) is 22.6 Å². The molecule has 1 heterocycles. The van der Waals surface area contributed by atoms with Crippen LogP contribution < -0.4 is 0 Å². The number of rotatable bonds is 3. The Labute approximate surface area is 125 Å². The molecule has 1 aromatic heterocycles. The van der Waals surface area contributed by atoms with E-state index in [0.29, 0.717) is 10.6 Å². The third-order valence-electron chi connectivity index (χ3n) is 2.19. The van der Waals surface area contributed by atoms with Crippen molar-refractivity contribution in [1.82, 2.24) is 4.98 Å². The van der Waals surface area contributed by atoms with Crippen molar-refractivity contribution in [2.75, 3.05) is 0 Å². The van der Waals surface area contributed by atoms with Crippen LogP contribution in [-0.2, 0) is 0 Å². The van der Waals surface area contributed by atoms with Gasteiger partial charge in [-0.25, -0.2) is 14.6 Å². The summed E-state index contributed by atoms with van der Waals surface area (Å²) in [5, 5.41) is 18.1. The van der Waals surface area contributed by atoms with E-state index in [1.165, 1.54) is 6.07 Å². The molecule has 0 aliphatic heterocycles. The number of hydrogen-bond acceptors (Lipinski definition) is 4. The van der Waals surface area contributed by atoms with E-state index in [1.54, 1.807) is 12.1 Å². The van der Waals surface area contributed by atoms with Crippen molar-refractivity contribution >= 4 is 46.1 Å². The third-order valence-corrected chi connectivity index (χ3v) is 3.76. The molecule has 8 heteroatoms. The molecular formula is C11H5ClINO5. The van der Waals surface area contributed by atoms with Crippen LogP contribution in [0.4, 0.5) is 0 Å². The molecule has 0 unspecified atom stereocenters. The van der Waals surface area contributed by atoms with Crippen LogP contribution in [0.25, 0.3) is 11.5 Å². The maximum absolute atomic E-state index is 10.9. The summed E-state index contributed by atoms with van der Waals surface area (Å²) in [5.74, 6) is -3.78. The predicted molar refractivity (Wildman–Crippen MR) is 73.6 cm³/mol. The summed E-state index contributed by atoms with van der Waals surface area (Å²) in [7, 11) is 0. The molecule has 0 bridgehead atoms. The van der Waals surface area contributed by atoms with Crippen LogP contribution in [-0.4, -0.2) is 27.1 Å². The molecule has 0 atom stereocenters. The van der Waals surface area contributed by atoms with Gasteiger partial charge >= 0.3 is 11.9 Å². The van der Waals surface area contributed by atoms with Crippen LogP contribution in [0.1, 0.15) is 21.0 Å². The Hall–Kier alpha value is -1.61. The molecule has 2 rings (SSSR count). The zero-order chi connectivity index (χ0) is 14.2. The maximum Gasteiger partial charge on any atom is 0.374 e. The number of aromatic nitrogens is 1. The average Bonchev–Trinajstić information content (AvgIpc) is 2.78. The van der Waals surface area contributed by atoms with Crippen molar-refractivity contribution < 1.29 is 24.2 Å². The second-order valence-electron chi connectivity index (χ2n) is 3.44. The van der Waals surface area contributed by atoms with E-state index in [4.69, 9.17) is 26.2 Å². The van der Waals surface area contributed by atoms with Crippen molar-refractivity contribution in [3.05, 3.63) is 38.2 Å². The standard InChI is InChI=1S/C11H5ClINO5/c12-5-3-4(1-2-6(5)13)9-14-7(10(15)16)8(19-9)11(17)18/h1-3H,(H,15,16)(H,17,18). The van der Waals surface area contributed by atoms with E-state index >= 15 is 0 Å². The van der Waals surface area contributed by atoms with Crippen molar-refractivity contribution in [3.8, 4) is 11.5 Å². The lowest BCUT2D eigenvalue weighted by Crippen LogP contribution is -2.05. The van der Waals surface area contributed by atoms with Gasteiger partial charge < -0.3 is 14.6 Å². The summed E-state index contributed by atoms with van der Waals surface area (Å²) < 4.78 is 5.76. The molecule has 0 aliphatic rings. The van der Waals surface area contributed by atoms with Gasteiger partial charge in [0.2, 0.25) is 17.3 Å². The molecule has 98 valence electrons. The first-order chi connectivity index (χ1) is 8.90. The fourth-order valence-electron chi connectivity index (χ4n) is 1.36. The fraction of sp³-hybridized carbons (Fsp3) is 0. The number of hydrogen-bond donors (Lipinski definition) is 2. The Morgan fingerprint density at radius 1 is 1.26 bits per heavy atom. The lowest BCUT2D eigenvalue weighted by molar-refractivity contribution is 0.0624. The zero-order valence-electron chi connectivity index (χ0n) is 9.05. The van der Waals surface area contributed by atoms with Gasteiger partial charge in [-0.05, 0) is 40.8 Å². The topological polar surface area (TPSA) is 101 Å². The molecule has 1 aromatic carbocycles. The van der Waals surface area contributed by atoms with Gasteiger partial charge in [-0.2, -0.15) is 0 Å². The van der Waals surface area contributed by atoms with Crippen LogP contribution >= 0.6 is 34.2 Å². The van der Waals surface area contributed by atoms with Gasteiger partial charge in [0.05, 0.1) is 5.02 Å². The Balaban J connectivity index is 2.57. The highest BCUT2D eigenvalue weighted by molar-refractivity contribution is 14.1. The van der Waals surface area contributed by atoms with Crippen LogP contribution in [0.5, 0.6) is 0 Å². The van der Waals surface area contributed by atoms with E-state index in [9.17, 15) is 9.59 Å². The molecule has 0 fully saturated rings. The van der Waals surface area contributed by atoms with Crippen molar-refractivity contribution in [1.29, 1.82) is 0 Å². The minimum atomic E-state index is -1.49. The van der Waals surface area contributed by atoms with Gasteiger partial charge in [0.15, 0.2) is 0 Å². The van der Waals surface area contributed by atoms with E-state index in [2.05, 4.69) is 4.98 Å². The molecule has 0 amide bonds. The Morgan fingerprint density at radius 3 is 2.42 bits per heavy atom. The Bertz CT molecular complexity index is 650. The molecule has 2 aromatic rings. The van der Waals surface area contributed by atoms with Gasteiger partial charge in [0.25, 0.3) is 0 Å². The van der Waals surface area contributed by atoms with Gasteiger partial charge in [-0.3, -0.25) is 0 Å². The van der Waals surface area contributed by atoms with Crippen molar-refractivity contribution in [2.45, 2.75) is 0 Å². The van der Waals surface area contributed by atoms with E-state index in [-0.39, 0.29) is 5.89 Å². The lowest BCUT2D eigenvalue weighted by atomic mass is 10.2. The monoisotopic (exact) mass is 393 g/mol. The smallest absolute Gasteiger partial charge is 0.374 e. The number of carboxylic acids is 2.